The largest absolute Gasteiger partial charge is 0.494 e. The summed E-state index contributed by atoms with van der Waals surface area (Å²) in [6.45, 7) is 11.6. The molecule has 144 valence electrons. The maximum atomic E-state index is 14.1. The van der Waals surface area contributed by atoms with Gasteiger partial charge in [0.1, 0.15) is 0 Å². The van der Waals surface area contributed by atoms with Crippen molar-refractivity contribution in [1.29, 1.82) is 0 Å². The highest BCUT2D eigenvalue weighted by Gasteiger charge is 2.51. The van der Waals surface area contributed by atoms with Crippen LogP contribution in [0.5, 0.6) is 5.75 Å². The number of carbonyl (C=O) groups excluding carboxylic acids is 1. The van der Waals surface area contributed by atoms with Crippen LogP contribution < -0.4 is 15.5 Å². The molecule has 1 saturated heterocycles. The van der Waals surface area contributed by atoms with E-state index in [1.165, 1.54) is 12.1 Å². The standard InChI is InChI=1S/C19H29BFNO4/c1-7-14(8-2)22-17(23)12-24-16-11-13(9-10-15(16)21)20-25-18(3,4)19(5,6)26-20/h9-11,14H,7-8,12H2,1-6H3,(H,22,23). The molecular weight excluding hydrogens is 336 g/mol. The van der Waals surface area contributed by atoms with Gasteiger partial charge in [-0.1, -0.05) is 19.9 Å². The molecule has 0 saturated carbocycles. The normalized spacial score (nSPS) is 18.2. The van der Waals surface area contributed by atoms with E-state index in [-0.39, 0.29) is 24.3 Å². The first-order chi connectivity index (χ1) is 12.1. The van der Waals surface area contributed by atoms with Crippen LogP contribution in [0, 0.1) is 5.82 Å². The maximum absolute atomic E-state index is 14.1. The first-order valence-electron chi connectivity index (χ1n) is 9.17. The molecule has 1 fully saturated rings. The molecule has 1 aromatic carbocycles. The molecule has 0 radical (unpaired) electrons. The van der Waals surface area contributed by atoms with Crippen LogP contribution in [0.2, 0.25) is 0 Å². The third kappa shape index (κ3) is 4.57. The maximum Gasteiger partial charge on any atom is 0.494 e. The Balaban J connectivity index is 2.05. The quantitative estimate of drug-likeness (QED) is 0.755. The summed E-state index contributed by atoms with van der Waals surface area (Å²) in [5.41, 5.74) is -0.315. The number of ether oxygens (including phenoxy) is 1. The number of nitrogens with one attached hydrogen (secondary N) is 1. The van der Waals surface area contributed by atoms with Gasteiger partial charge in [-0.3, -0.25) is 4.79 Å². The van der Waals surface area contributed by atoms with E-state index in [4.69, 9.17) is 14.0 Å². The summed E-state index contributed by atoms with van der Waals surface area (Å²) in [4.78, 5) is 12.0. The van der Waals surface area contributed by atoms with Crippen LogP contribution >= 0.6 is 0 Å². The Hall–Kier alpha value is -1.60. The smallest absolute Gasteiger partial charge is 0.481 e. The Kier molecular flexibility index (Phi) is 6.35. The van der Waals surface area contributed by atoms with Crippen LogP contribution in [0.25, 0.3) is 0 Å². The van der Waals surface area contributed by atoms with Crippen molar-refractivity contribution in [1.82, 2.24) is 5.32 Å². The van der Waals surface area contributed by atoms with Crippen molar-refractivity contribution >= 4 is 18.5 Å². The SMILES string of the molecule is CCC(CC)NC(=O)COc1cc(B2OC(C)(C)C(C)(C)O2)ccc1F. The molecule has 26 heavy (non-hydrogen) atoms. The third-order valence-corrected chi connectivity index (χ3v) is 5.19. The minimum Gasteiger partial charge on any atom is -0.481 e. The second-order valence-corrected chi connectivity index (χ2v) is 7.65. The molecule has 1 N–H and O–H groups in total. The third-order valence-electron chi connectivity index (χ3n) is 5.19. The van der Waals surface area contributed by atoms with Crippen LogP contribution in [0.15, 0.2) is 18.2 Å². The van der Waals surface area contributed by atoms with Gasteiger partial charge in [0.25, 0.3) is 5.91 Å². The Morgan fingerprint density at radius 2 is 1.77 bits per heavy atom. The number of rotatable bonds is 7. The van der Waals surface area contributed by atoms with Crippen molar-refractivity contribution in [2.75, 3.05) is 6.61 Å². The average Bonchev–Trinajstić information content (AvgIpc) is 2.79. The molecule has 0 spiro atoms. The van der Waals surface area contributed by atoms with Crippen molar-refractivity contribution in [3.05, 3.63) is 24.0 Å². The molecule has 1 aliphatic rings. The summed E-state index contributed by atoms with van der Waals surface area (Å²) in [6.07, 6.45) is 1.68. The minimum absolute atomic E-state index is 0.0110. The van der Waals surface area contributed by atoms with Gasteiger partial charge in [-0.2, -0.15) is 0 Å². The zero-order valence-corrected chi connectivity index (χ0v) is 16.5. The predicted octanol–water partition coefficient (Wildman–Crippen LogP) is 2.81. The average molecular weight is 365 g/mol. The van der Waals surface area contributed by atoms with Crippen molar-refractivity contribution in [3.8, 4) is 5.75 Å². The molecule has 0 aromatic heterocycles. The van der Waals surface area contributed by atoms with Crippen molar-refractivity contribution in [2.24, 2.45) is 0 Å². The second-order valence-electron chi connectivity index (χ2n) is 7.65. The van der Waals surface area contributed by atoms with Gasteiger partial charge in [0.15, 0.2) is 18.2 Å². The highest BCUT2D eigenvalue weighted by molar-refractivity contribution is 6.62. The lowest BCUT2D eigenvalue weighted by Crippen LogP contribution is -2.41. The van der Waals surface area contributed by atoms with E-state index in [0.717, 1.165) is 12.8 Å². The number of hydrogen-bond donors (Lipinski definition) is 1. The van der Waals surface area contributed by atoms with E-state index in [0.29, 0.717) is 5.46 Å². The van der Waals surface area contributed by atoms with Gasteiger partial charge in [-0.25, -0.2) is 4.39 Å². The van der Waals surface area contributed by atoms with Crippen LogP contribution in [0.3, 0.4) is 0 Å². The Morgan fingerprint density at radius 1 is 1.19 bits per heavy atom. The van der Waals surface area contributed by atoms with E-state index in [9.17, 15) is 9.18 Å². The fraction of sp³-hybridized carbons (Fsp3) is 0.632. The number of halogens is 1. The monoisotopic (exact) mass is 365 g/mol. The highest BCUT2D eigenvalue weighted by Crippen LogP contribution is 2.36. The summed E-state index contributed by atoms with van der Waals surface area (Å²) in [7, 11) is -0.610. The molecule has 2 rings (SSSR count). The Morgan fingerprint density at radius 3 is 2.31 bits per heavy atom. The minimum atomic E-state index is -0.610. The van der Waals surface area contributed by atoms with Crippen LogP contribution in [-0.2, 0) is 14.1 Å². The Labute approximate surface area is 155 Å². The summed E-state index contributed by atoms with van der Waals surface area (Å²) in [6, 6.07) is 4.54. The van der Waals surface area contributed by atoms with Crippen LogP contribution in [0.4, 0.5) is 4.39 Å². The van der Waals surface area contributed by atoms with Gasteiger partial charge >= 0.3 is 7.12 Å². The summed E-state index contributed by atoms with van der Waals surface area (Å²) >= 11 is 0. The van der Waals surface area contributed by atoms with Gasteiger partial charge in [0.2, 0.25) is 0 Å². The van der Waals surface area contributed by atoms with E-state index in [1.54, 1.807) is 6.07 Å². The molecule has 7 heteroatoms. The number of hydrogen-bond acceptors (Lipinski definition) is 4. The van der Waals surface area contributed by atoms with Crippen LogP contribution in [0.1, 0.15) is 54.4 Å². The molecular formula is C19H29BFNO4. The summed E-state index contributed by atoms with van der Waals surface area (Å²) in [5.74, 6) is -0.781. The fourth-order valence-corrected chi connectivity index (χ4v) is 2.66. The predicted molar refractivity (Wildman–Crippen MR) is 100 cm³/mol. The topological polar surface area (TPSA) is 56.8 Å². The first-order valence-corrected chi connectivity index (χ1v) is 9.17. The van der Waals surface area contributed by atoms with E-state index in [1.807, 2.05) is 41.5 Å². The highest BCUT2D eigenvalue weighted by atomic mass is 19.1. The van der Waals surface area contributed by atoms with E-state index < -0.39 is 24.1 Å². The molecule has 1 aromatic rings. The molecule has 1 aliphatic heterocycles. The van der Waals surface area contributed by atoms with Crippen LogP contribution in [-0.4, -0.2) is 36.9 Å². The lowest BCUT2D eigenvalue weighted by atomic mass is 9.79. The summed E-state index contributed by atoms with van der Waals surface area (Å²) in [5, 5.41) is 2.86. The number of amides is 1. The Bertz CT molecular complexity index is 630. The fourth-order valence-electron chi connectivity index (χ4n) is 2.66. The molecule has 1 amide bonds. The van der Waals surface area contributed by atoms with Crippen molar-refractivity contribution < 1.29 is 23.2 Å². The van der Waals surface area contributed by atoms with Gasteiger partial charge in [0, 0.05) is 6.04 Å². The lowest BCUT2D eigenvalue weighted by molar-refractivity contribution is -0.123. The van der Waals surface area contributed by atoms with Crippen molar-refractivity contribution in [2.45, 2.75) is 71.6 Å². The van der Waals surface area contributed by atoms with E-state index >= 15 is 0 Å². The molecule has 0 unspecified atom stereocenters. The number of benzene rings is 1. The van der Waals surface area contributed by atoms with Gasteiger partial charge in [0.05, 0.1) is 11.2 Å². The van der Waals surface area contributed by atoms with Gasteiger partial charge < -0.3 is 19.4 Å². The number of carbonyl (C=O) groups is 1. The molecule has 0 atom stereocenters. The lowest BCUT2D eigenvalue weighted by Gasteiger charge is -2.32. The zero-order valence-electron chi connectivity index (χ0n) is 16.5. The summed E-state index contributed by atoms with van der Waals surface area (Å²) < 4.78 is 31.4. The van der Waals surface area contributed by atoms with Crippen molar-refractivity contribution in [3.63, 3.8) is 0 Å². The van der Waals surface area contributed by atoms with Gasteiger partial charge in [-0.15, -0.1) is 0 Å². The first kappa shape index (κ1) is 20.7. The molecule has 0 aliphatic carbocycles. The second kappa shape index (κ2) is 7.97. The molecule has 5 nitrogen and oxygen atoms in total. The molecule has 1 heterocycles. The molecule has 0 bridgehead atoms. The van der Waals surface area contributed by atoms with E-state index in [2.05, 4.69) is 5.32 Å². The van der Waals surface area contributed by atoms with Gasteiger partial charge in [-0.05, 0) is 58.1 Å². The zero-order chi connectivity index (χ0) is 19.5.